The molecule has 0 bridgehead atoms. The third-order valence-corrected chi connectivity index (χ3v) is 6.05. The van der Waals surface area contributed by atoms with Crippen molar-refractivity contribution in [3.05, 3.63) is 42.0 Å². The van der Waals surface area contributed by atoms with E-state index in [0.717, 1.165) is 31.0 Å². The van der Waals surface area contributed by atoms with E-state index in [2.05, 4.69) is 32.2 Å². The fourth-order valence-corrected chi connectivity index (χ4v) is 4.58. The highest BCUT2D eigenvalue weighted by Crippen LogP contribution is 2.47. The lowest BCUT2D eigenvalue weighted by Gasteiger charge is -2.34. The lowest BCUT2D eigenvalue weighted by molar-refractivity contribution is -0.215. The molecule has 2 aliphatic heterocycles. The van der Waals surface area contributed by atoms with Crippen LogP contribution >= 0.6 is 0 Å². The zero-order valence-corrected chi connectivity index (χ0v) is 19.2. The van der Waals surface area contributed by atoms with Crippen LogP contribution in [0.1, 0.15) is 18.2 Å². The summed E-state index contributed by atoms with van der Waals surface area (Å²) in [6.45, 7) is 6.32. The van der Waals surface area contributed by atoms with E-state index in [1.165, 1.54) is 4.90 Å². The van der Waals surface area contributed by atoms with Crippen LogP contribution < -0.4 is 20.9 Å². The van der Waals surface area contributed by atoms with Crippen LogP contribution in [0.2, 0.25) is 0 Å². The number of pyridine rings is 1. The zero-order valence-electron chi connectivity index (χ0n) is 19.2. The Labute approximate surface area is 199 Å². The van der Waals surface area contributed by atoms with E-state index >= 15 is 0 Å². The summed E-state index contributed by atoms with van der Waals surface area (Å²) in [5, 5.41) is 7.97. The first-order valence-electron chi connectivity index (χ1n) is 11.0. The first-order chi connectivity index (χ1) is 16.8. The van der Waals surface area contributed by atoms with Gasteiger partial charge in [0.25, 0.3) is 6.47 Å². The van der Waals surface area contributed by atoms with Crippen molar-refractivity contribution < 1.29 is 23.9 Å². The van der Waals surface area contributed by atoms with Crippen molar-refractivity contribution in [1.29, 1.82) is 0 Å². The van der Waals surface area contributed by atoms with Gasteiger partial charge in [0, 0.05) is 49.2 Å². The molecule has 182 valence electrons. The average molecular weight is 480 g/mol. The lowest BCUT2D eigenvalue weighted by Crippen LogP contribution is -2.52. The largest absolute Gasteiger partial charge is 0.405 e. The summed E-state index contributed by atoms with van der Waals surface area (Å²) in [6, 6.07) is 3.80. The van der Waals surface area contributed by atoms with Gasteiger partial charge in [0.2, 0.25) is 0 Å². The number of nitrogens with one attached hydrogen (secondary N) is 1. The summed E-state index contributed by atoms with van der Waals surface area (Å²) in [5.74, 6) is -4.09. The van der Waals surface area contributed by atoms with Crippen LogP contribution in [0.5, 0.6) is 0 Å². The van der Waals surface area contributed by atoms with Gasteiger partial charge in [0.15, 0.2) is 5.82 Å². The molecule has 1 amide bonds. The van der Waals surface area contributed by atoms with E-state index < -0.39 is 17.8 Å². The molecule has 1 unspecified atom stereocenters. The fourth-order valence-electron chi connectivity index (χ4n) is 4.58. The molecule has 2 atom stereocenters. The highest BCUT2D eigenvalue weighted by Gasteiger charge is 2.54. The summed E-state index contributed by atoms with van der Waals surface area (Å²) in [4.78, 5) is 48.0. The van der Waals surface area contributed by atoms with Gasteiger partial charge < -0.3 is 25.4 Å². The second-order valence-corrected chi connectivity index (χ2v) is 8.53. The smallest absolute Gasteiger partial charge is 0.401 e. The van der Waals surface area contributed by atoms with Crippen molar-refractivity contribution in [2.75, 3.05) is 29.4 Å². The topological polar surface area (TPSA) is 157 Å². The Hall–Kier alpha value is -4.26. The predicted molar refractivity (Wildman–Crippen MR) is 123 cm³/mol. The van der Waals surface area contributed by atoms with Crippen molar-refractivity contribution in [3.8, 4) is 0 Å². The quantitative estimate of drug-likeness (QED) is 0.215. The number of piperazine rings is 1. The number of nitrogens with two attached hydrogens (primary N) is 1. The minimum atomic E-state index is -2.06. The minimum Gasteiger partial charge on any atom is -0.405 e. The summed E-state index contributed by atoms with van der Waals surface area (Å²) < 4.78 is 12.5. The normalized spacial score (nSPS) is 21.6. The van der Waals surface area contributed by atoms with Crippen LogP contribution in [0.4, 0.5) is 17.3 Å². The molecular formula is C22H24N8O5. The number of amides is 1. The molecule has 0 radical (unpaired) electrons. The number of rotatable bonds is 5. The van der Waals surface area contributed by atoms with E-state index in [1.54, 1.807) is 29.2 Å². The number of aromatic nitrogens is 4. The molecule has 3 N–H and O–H groups in total. The van der Waals surface area contributed by atoms with Crippen molar-refractivity contribution in [2.45, 2.75) is 32.2 Å². The fraction of sp³-hybridized carbons (Fsp3) is 0.364. The average Bonchev–Trinajstić information content (AvgIpc) is 3.36. The number of carbonyl (C=O) groups is 3. The summed E-state index contributed by atoms with van der Waals surface area (Å²) in [7, 11) is 0. The Morgan fingerprint density at radius 3 is 2.91 bits per heavy atom. The van der Waals surface area contributed by atoms with Gasteiger partial charge in [-0.25, -0.2) is 19.2 Å². The summed E-state index contributed by atoms with van der Waals surface area (Å²) in [5.41, 5.74) is 8.06. The van der Waals surface area contributed by atoms with Gasteiger partial charge in [0.05, 0.1) is 30.0 Å². The van der Waals surface area contributed by atoms with E-state index in [4.69, 9.17) is 15.2 Å². The number of aryl methyl sites for hydroxylation is 1. The van der Waals surface area contributed by atoms with Gasteiger partial charge in [-0.3, -0.25) is 14.6 Å². The van der Waals surface area contributed by atoms with Crippen LogP contribution in [0.15, 0.2) is 30.7 Å². The van der Waals surface area contributed by atoms with Gasteiger partial charge >= 0.3 is 17.8 Å². The molecule has 2 aliphatic rings. The molecular weight excluding hydrogens is 456 g/mol. The number of nitrogens with zero attached hydrogens (tertiary/aromatic N) is 6. The first-order valence-corrected chi connectivity index (χ1v) is 11.0. The Bertz CT molecular complexity index is 1330. The molecule has 5 rings (SSSR count). The number of hydrogen-bond donors (Lipinski definition) is 2. The molecule has 13 nitrogen and oxygen atoms in total. The highest BCUT2D eigenvalue weighted by atomic mass is 16.8. The summed E-state index contributed by atoms with van der Waals surface area (Å²) in [6.07, 6.45) is 4.89. The van der Waals surface area contributed by atoms with Crippen molar-refractivity contribution >= 4 is 41.2 Å². The van der Waals surface area contributed by atoms with Crippen molar-refractivity contribution in [1.82, 2.24) is 24.9 Å². The molecule has 1 fully saturated rings. The van der Waals surface area contributed by atoms with Gasteiger partial charge in [-0.1, -0.05) is 0 Å². The van der Waals surface area contributed by atoms with Crippen LogP contribution in [0.3, 0.4) is 0 Å². The number of fused-ring (bicyclic) bond motifs is 2. The maximum absolute atomic E-state index is 12.4. The highest BCUT2D eigenvalue weighted by molar-refractivity contribution is 6.31. The SMILES string of the molecule is Cc1cn2nc(N3c4nccc(N5CCN[C@@H](C)C5)c4CC3(OC=O)OC(=O)C(N)=O)cc2cn1. The Kier molecular flexibility index (Phi) is 5.47. The number of hydrogen-bond acceptors (Lipinski definition) is 11. The standard InChI is InChI=1S/C22H24N8O5/c1-13-10-28(6-5-24-13)17-3-4-25-20-16(17)8-22(34-12-31,35-21(33)19(23)32)30(20)18-7-15-9-26-14(2)11-29(15)27-18/h3-4,7,9,11-13,24H,5-6,8,10H2,1-2H3,(H2,23,32)/t13-,22?/m0/s1. The first kappa shape index (κ1) is 22.5. The van der Waals surface area contributed by atoms with Crippen molar-refractivity contribution in [2.24, 2.45) is 5.73 Å². The minimum absolute atomic E-state index is 0.0905. The number of esters is 1. The molecule has 3 aromatic rings. The third-order valence-electron chi connectivity index (χ3n) is 6.05. The third kappa shape index (κ3) is 3.89. The number of carbonyl (C=O) groups excluding carboxylic acids is 3. The van der Waals surface area contributed by atoms with Gasteiger partial charge in [-0.15, -0.1) is 5.10 Å². The second kappa shape index (κ2) is 8.51. The molecule has 3 aromatic heterocycles. The Morgan fingerprint density at radius 2 is 2.17 bits per heavy atom. The monoisotopic (exact) mass is 480 g/mol. The van der Waals surface area contributed by atoms with Crippen LogP contribution in [-0.4, -0.2) is 69.5 Å². The number of anilines is 3. The van der Waals surface area contributed by atoms with E-state index in [-0.39, 0.29) is 24.8 Å². The number of primary amides is 1. The van der Waals surface area contributed by atoms with Crippen LogP contribution in [0, 0.1) is 6.92 Å². The van der Waals surface area contributed by atoms with Crippen molar-refractivity contribution in [3.63, 3.8) is 0 Å². The molecule has 0 aromatic carbocycles. The number of ether oxygens (including phenoxy) is 2. The van der Waals surface area contributed by atoms with E-state index in [9.17, 15) is 14.4 Å². The maximum Gasteiger partial charge on any atom is 0.401 e. The predicted octanol–water partition coefficient (Wildman–Crippen LogP) is -0.220. The Balaban J connectivity index is 1.68. The molecule has 5 heterocycles. The molecule has 0 spiro atoms. The Morgan fingerprint density at radius 1 is 1.34 bits per heavy atom. The molecule has 0 saturated carbocycles. The molecule has 35 heavy (non-hydrogen) atoms. The summed E-state index contributed by atoms with van der Waals surface area (Å²) >= 11 is 0. The molecule has 0 aliphatic carbocycles. The molecule has 13 heteroatoms. The van der Waals surface area contributed by atoms with Gasteiger partial charge in [-0.2, -0.15) is 0 Å². The maximum atomic E-state index is 12.4. The van der Waals surface area contributed by atoms with Gasteiger partial charge in [-0.05, 0) is 19.9 Å². The van der Waals surface area contributed by atoms with Crippen LogP contribution in [0.25, 0.3) is 5.52 Å². The van der Waals surface area contributed by atoms with E-state index in [0.29, 0.717) is 16.9 Å². The zero-order chi connectivity index (χ0) is 24.7. The molecule has 1 saturated heterocycles. The lowest BCUT2D eigenvalue weighted by atomic mass is 10.1. The van der Waals surface area contributed by atoms with Gasteiger partial charge in [0.1, 0.15) is 5.82 Å². The van der Waals surface area contributed by atoms with E-state index in [1.807, 2.05) is 13.0 Å². The second-order valence-electron chi connectivity index (χ2n) is 8.53. The van der Waals surface area contributed by atoms with Crippen LogP contribution in [-0.2, 0) is 30.3 Å².